The van der Waals surface area contributed by atoms with E-state index in [0.717, 1.165) is 36.2 Å². The van der Waals surface area contributed by atoms with Gasteiger partial charge in [-0.25, -0.2) is 4.79 Å². The smallest absolute Gasteiger partial charge is 0.475 e. The summed E-state index contributed by atoms with van der Waals surface area (Å²) in [5.74, 6) is -2.68. The van der Waals surface area contributed by atoms with Gasteiger partial charge in [-0.2, -0.15) is 18.3 Å². The molecule has 2 amide bonds. The number of nitrogens with zero attached hydrogens (tertiary/aromatic N) is 4. The average molecular weight is 557 g/mol. The Bertz CT molecular complexity index is 1370. The molecule has 2 aromatic carbocycles. The van der Waals surface area contributed by atoms with Crippen LogP contribution in [0.3, 0.4) is 0 Å². The summed E-state index contributed by atoms with van der Waals surface area (Å²) in [5, 5.41) is 11.5. The molecule has 2 aliphatic rings. The summed E-state index contributed by atoms with van der Waals surface area (Å²) in [5.41, 5.74) is 3.19. The van der Waals surface area contributed by atoms with Gasteiger partial charge in [-0.3, -0.25) is 14.3 Å². The van der Waals surface area contributed by atoms with Crippen molar-refractivity contribution in [2.45, 2.75) is 38.4 Å². The van der Waals surface area contributed by atoms with Crippen LogP contribution in [-0.4, -0.2) is 68.3 Å². The highest BCUT2D eigenvalue weighted by molar-refractivity contribution is 5.97. The lowest BCUT2D eigenvalue weighted by Crippen LogP contribution is -2.52. The summed E-state index contributed by atoms with van der Waals surface area (Å²) < 4.78 is 33.6. The van der Waals surface area contributed by atoms with Gasteiger partial charge in [0.1, 0.15) is 0 Å². The molecule has 0 saturated carbocycles. The Morgan fingerprint density at radius 2 is 1.73 bits per heavy atom. The van der Waals surface area contributed by atoms with Crippen molar-refractivity contribution >= 4 is 17.8 Å². The third kappa shape index (κ3) is 5.88. The topological polar surface area (TPSA) is 95.7 Å². The minimum absolute atomic E-state index is 0.00475. The number of rotatable bonds is 4. The van der Waals surface area contributed by atoms with Gasteiger partial charge in [0.25, 0.3) is 5.91 Å². The van der Waals surface area contributed by atoms with E-state index in [1.165, 1.54) is 0 Å². The van der Waals surface area contributed by atoms with Crippen LogP contribution in [0.1, 0.15) is 45.9 Å². The van der Waals surface area contributed by atoms with Crippen LogP contribution in [0.15, 0.2) is 66.9 Å². The molecule has 0 bridgehead atoms. The number of carboxylic acid groups (broad SMARTS) is 1. The number of hydrogen-bond donors (Lipinski definition) is 1. The number of carbonyl (C=O) groups is 3. The van der Waals surface area contributed by atoms with Gasteiger partial charge in [-0.05, 0) is 43.0 Å². The largest absolute Gasteiger partial charge is 0.490 e. The van der Waals surface area contributed by atoms with Crippen LogP contribution in [0.4, 0.5) is 13.2 Å². The maximum Gasteiger partial charge on any atom is 0.490 e. The lowest BCUT2D eigenvalue weighted by molar-refractivity contribution is -0.192. The molecule has 40 heavy (non-hydrogen) atoms. The van der Waals surface area contributed by atoms with Crippen molar-refractivity contribution in [1.29, 1.82) is 0 Å². The molecule has 0 aliphatic carbocycles. The lowest BCUT2D eigenvalue weighted by atomic mass is 9.70. The maximum atomic E-state index is 14.1. The molecule has 2 atom stereocenters. The summed E-state index contributed by atoms with van der Waals surface area (Å²) in [7, 11) is 1.92. The van der Waals surface area contributed by atoms with E-state index >= 15 is 0 Å². The number of halogens is 3. The van der Waals surface area contributed by atoms with Gasteiger partial charge in [0.05, 0.1) is 5.41 Å². The highest BCUT2D eigenvalue weighted by atomic mass is 19.4. The van der Waals surface area contributed by atoms with E-state index in [0.29, 0.717) is 25.2 Å². The van der Waals surface area contributed by atoms with Gasteiger partial charge < -0.3 is 14.9 Å². The summed E-state index contributed by atoms with van der Waals surface area (Å²) in [6.45, 7) is 4.29. The Morgan fingerprint density at radius 1 is 1.07 bits per heavy atom. The molecule has 11 heteroatoms. The monoisotopic (exact) mass is 556 g/mol. The fourth-order valence-electron chi connectivity index (χ4n) is 5.68. The molecule has 3 aromatic rings. The van der Waals surface area contributed by atoms with E-state index in [1.54, 1.807) is 6.20 Å². The van der Waals surface area contributed by atoms with Crippen LogP contribution in [0.25, 0.3) is 0 Å². The van der Waals surface area contributed by atoms with Crippen molar-refractivity contribution in [2.75, 3.05) is 19.6 Å². The molecule has 1 spiro atoms. The lowest BCUT2D eigenvalue weighted by Gasteiger charge is -2.42. The van der Waals surface area contributed by atoms with E-state index in [-0.39, 0.29) is 17.7 Å². The third-order valence-corrected chi connectivity index (χ3v) is 7.64. The fourth-order valence-corrected chi connectivity index (χ4v) is 5.68. The van der Waals surface area contributed by atoms with Crippen LogP contribution in [0, 0.1) is 12.3 Å². The van der Waals surface area contributed by atoms with E-state index in [2.05, 4.69) is 17.2 Å². The van der Waals surface area contributed by atoms with Crippen molar-refractivity contribution in [3.05, 3.63) is 89.2 Å². The first-order valence-corrected chi connectivity index (χ1v) is 12.9. The molecule has 3 heterocycles. The molecule has 212 valence electrons. The SMILES string of the molecule is Cc1ccccc1C(=O)N1C[C@@H](c2ccnn2C)[C@@]2(CCCN(Cc3ccccc3)C2=O)C1.O=C(O)C(F)(F)F. The summed E-state index contributed by atoms with van der Waals surface area (Å²) in [6.07, 6.45) is -1.59. The van der Waals surface area contributed by atoms with Gasteiger partial charge >= 0.3 is 12.1 Å². The van der Waals surface area contributed by atoms with E-state index < -0.39 is 17.6 Å². The molecule has 5 rings (SSSR count). The van der Waals surface area contributed by atoms with Crippen molar-refractivity contribution in [1.82, 2.24) is 19.6 Å². The number of aromatic nitrogens is 2. The highest BCUT2D eigenvalue weighted by Crippen LogP contribution is 2.49. The number of carbonyl (C=O) groups excluding carboxylic acids is 2. The zero-order valence-corrected chi connectivity index (χ0v) is 22.3. The van der Waals surface area contributed by atoms with Crippen LogP contribution >= 0.6 is 0 Å². The second kappa shape index (κ2) is 11.5. The zero-order valence-electron chi connectivity index (χ0n) is 22.3. The Morgan fingerprint density at radius 3 is 2.33 bits per heavy atom. The van der Waals surface area contributed by atoms with Crippen molar-refractivity contribution in [2.24, 2.45) is 12.5 Å². The minimum Gasteiger partial charge on any atom is -0.475 e. The molecule has 2 aliphatic heterocycles. The summed E-state index contributed by atoms with van der Waals surface area (Å²) in [4.78, 5) is 40.4. The number of amides is 2. The molecule has 1 aromatic heterocycles. The number of benzene rings is 2. The molecule has 8 nitrogen and oxygen atoms in total. The first-order valence-electron chi connectivity index (χ1n) is 12.9. The Hall–Kier alpha value is -4.15. The molecule has 0 unspecified atom stereocenters. The highest BCUT2D eigenvalue weighted by Gasteiger charge is 2.57. The molecule has 2 saturated heterocycles. The van der Waals surface area contributed by atoms with E-state index in [1.807, 2.05) is 77.0 Å². The number of aliphatic carboxylic acids is 1. The summed E-state index contributed by atoms with van der Waals surface area (Å²) in [6, 6.07) is 19.8. The summed E-state index contributed by atoms with van der Waals surface area (Å²) >= 11 is 0. The predicted octanol–water partition coefficient (Wildman–Crippen LogP) is 4.41. The minimum atomic E-state index is -5.08. The van der Waals surface area contributed by atoms with Gasteiger partial charge in [0, 0.05) is 56.6 Å². The number of piperidine rings is 1. The van der Waals surface area contributed by atoms with Crippen molar-refractivity contribution in [3.63, 3.8) is 0 Å². The van der Waals surface area contributed by atoms with E-state index in [4.69, 9.17) is 9.90 Å². The maximum absolute atomic E-state index is 14.1. The number of likely N-dealkylation sites (tertiary alicyclic amines) is 2. The number of hydrogen-bond acceptors (Lipinski definition) is 4. The fraction of sp³-hybridized carbons (Fsp3) is 0.379. The number of aryl methyl sites for hydroxylation is 2. The van der Waals surface area contributed by atoms with Gasteiger partial charge in [0.2, 0.25) is 5.91 Å². The van der Waals surface area contributed by atoms with Gasteiger partial charge in [0.15, 0.2) is 0 Å². The second-order valence-corrected chi connectivity index (χ2v) is 10.2. The third-order valence-electron chi connectivity index (χ3n) is 7.64. The van der Waals surface area contributed by atoms with Crippen molar-refractivity contribution in [3.8, 4) is 0 Å². The molecular weight excluding hydrogens is 525 g/mol. The molecule has 2 fully saturated rings. The number of carboxylic acids is 1. The van der Waals surface area contributed by atoms with Gasteiger partial charge in [-0.15, -0.1) is 0 Å². The first-order chi connectivity index (χ1) is 18.9. The first kappa shape index (κ1) is 28.8. The molecule has 1 N–H and O–H groups in total. The Kier molecular flexibility index (Phi) is 8.32. The average Bonchev–Trinajstić information content (AvgIpc) is 3.51. The van der Waals surface area contributed by atoms with Crippen LogP contribution in [0.5, 0.6) is 0 Å². The number of alkyl halides is 3. The predicted molar refractivity (Wildman–Crippen MR) is 140 cm³/mol. The Labute approximate surface area is 230 Å². The normalized spacial score (nSPS) is 20.8. The second-order valence-electron chi connectivity index (χ2n) is 10.2. The van der Waals surface area contributed by atoms with Crippen LogP contribution in [-0.2, 0) is 23.2 Å². The zero-order chi connectivity index (χ0) is 29.1. The van der Waals surface area contributed by atoms with E-state index in [9.17, 15) is 22.8 Å². The molecule has 0 radical (unpaired) electrons. The molecular formula is C29H31F3N4O4. The van der Waals surface area contributed by atoms with Crippen molar-refractivity contribution < 1.29 is 32.7 Å². The van der Waals surface area contributed by atoms with Crippen LogP contribution < -0.4 is 0 Å². The Balaban J connectivity index is 0.000000470. The van der Waals surface area contributed by atoms with Gasteiger partial charge in [-0.1, -0.05) is 48.5 Å². The van der Waals surface area contributed by atoms with Crippen LogP contribution in [0.2, 0.25) is 0 Å². The standard InChI is InChI=1S/C27H30N4O2.C2HF3O2/c1-20-9-6-7-12-22(20)25(32)31-18-23(24-13-15-28-29(24)2)27(19-31)14-8-16-30(26(27)33)17-21-10-4-3-5-11-21;3-2(4,5)1(6)7/h3-7,9-13,15,23H,8,14,16-19H2,1-2H3;(H,6,7)/t23-,27+;/m0./s1. The quantitative estimate of drug-likeness (QED) is 0.514.